The lowest BCUT2D eigenvalue weighted by Gasteiger charge is -2.16. The molecular formula is C19H34IN3O2. The predicted molar refractivity (Wildman–Crippen MR) is 116 cm³/mol. The Morgan fingerprint density at radius 3 is 2.60 bits per heavy atom. The summed E-state index contributed by atoms with van der Waals surface area (Å²) in [7, 11) is 1.74. The van der Waals surface area contributed by atoms with E-state index in [9.17, 15) is 0 Å². The number of guanidine groups is 1. The van der Waals surface area contributed by atoms with Crippen LogP contribution in [0.2, 0.25) is 0 Å². The molecule has 0 heterocycles. The van der Waals surface area contributed by atoms with E-state index in [0.29, 0.717) is 6.54 Å². The summed E-state index contributed by atoms with van der Waals surface area (Å²) in [6.45, 7) is 9.40. The van der Waals surface area contributed by atoms with Crippen molar-refractivity contribution in [2.75, 3.05) is 33.4 Å². The Morgan fingerprint density at radius 2 is 1.92 bits per heavy atom. The van der Waals surface area contributed by atoms with Gasteiger partial charge in [-0.1, -0.05) is 18.2 Å². The summed E-state index contributed by atoms with van der Waals surface area (Å²) in [4.78, 5) is 4.62. The molecule has 0 spiro atoms. The lowest BCUT2D eigenvalue weighted by atomic mass is 10.2. The van der Waals surface area contributed by atoms with E-state index < -0.39 is 0 Å². The van der Waals surface area contributed by atoms with E-state index in [0.717, 1.165) is 56.2 Å². The van der Waals surface area contributed by atoms with Crippen LogP contribution in [-0.2, 0) is 4.74 Å². The molecule has 0 aliphatic carbocycles. The highest BCUT2D eigenvalue weighted by Gasteiger charge is 2.06. The molecule has 2 N–H and O–H groups in total. The summed E-state index contributed by atoms with van der Waals surface area (Å²) in [5, 5.41) is 6.64. The molecule has 0 amide bonds. The Kier molecular flexibility index (Phi) is 14.6. The van der Waals surface area contributed by atoms with Gasteiger partial charge in [0.1, 0.15) is 11.9 Å². The van der Waals surface area contributed by atoms with Gasteiger partial charge in [-0.2, -0.15) is 0 Å². The molecule has 0 aromatic heterocycles. The van der Waals surface area contributed by atoms with Crippen molar-refractivity contribution in [2.24, 2.45) is 4.99 Å². The number of hydrogen-bond acceptors (Lipinski definition) is 3. The molecule has 0 saturated heterocycles. The molecule has 1 atom stereocenters. The van der Waals surface area contributed by atoms with Crippen molar-refractivity contribution in [1.29, 1.82) is 0 Å². The highest BCUT2D eigenvalue weighted by Crippen LogP contribution is 2.17. The van der Waals surface area contributed by atoms with Crippen molar-refractivity contribution in [3.05, 3.63) is 29.8 Å². The number of aryl methyl sites for hydroxylation is 1. The number of benzene rings is 1. The Balaban J connectivity index is 0.00000576. The maximum Gasteiger partial charge on any atom is 0.191 e. The minimum absolute atomic E-state index is 0. The van der Waals surface area contributed by atoms with Crippen LogP contribution < -0.4 is 15.4 Å². The molecule has 1 rings (SSSR count). The van der Waals surface area contributed by atoms with Gasteiger partial charge in [0.05, 0.1) is 6.54 Å². The van der Waals surface area contributed by atoms with Gasteiger partial charge >= 0.3 is 0 Å². The maximum absolute atomic E-state index is 5.97. The molecular weight excluding hydrogens is 429 g/mol. The first-order chi connectivity index (χ1) is 11.7. The van der Waals surface area contributed by atoms with Gasteiger partial charge in [-0.05, 0) is 51.7 Å². The van der Waals surface area contributed by atoms with Crippen LogP contribution in [-0.4, -0.2) is 45.4 Å². The molecule has 6 heteroatoms. The summed E-state index contributed by atoms with van der Waals surface area (Å²) >= 11 is 0. The molecule has 1 aromatic carbocycles. The fourth-order valence-corrected chi connectivity index (χ4v) is 2.26. The standard InChI is InChI=1S/C19H33N3O2.HI/c1-5-20-19(21-13-9-6-10-14-23-4)22-15-17(3)24-18-12-8-7-11-16(18)2;/h7-8,11-12,17H,5-6,9-10,13-15H2,1-4H3,(H2,20,21,22);1H. The zero-order valence-corrected chi connectivity index (χ0v) is 18.3. The number of methoxy groups -OCH3 is 1. The van der Waals surface area contributed by atoms with Gasteiger partial charge < -0.3 is 20.1 Å². The van der Waals surface area contributed by atoms with E-state index in [-0.39, 0.29) is 30.1 Å². The number of ether oxygens (including phenoxy) is 2. The van der Waals surface area contributed by atoms with E-state index in [4.69, 9.17) is 9.47 Å². The van der Waals surface area contributed by atoms with Gasteiger partial charge in [-0.3, -0.25) is 0 Å². The number of rotatable bonds is 11. The Hall–Kier alpha value is -1.02. The topological polar surface area (TPSA) is 54.9 Å². The Morgan fingerprint density at radius 1 is 1.16 bits per heavy atom. The highest BCUT2D eigenvalue weighted by atomic mass is 127. The first kappa shape index (κ1) is 24.0. The van der Waals surface area contributed by atoms with Gasteiger partial charge in [-0.25, -0.2) is 4.99 Å². The Bertz CT molecular complexity index is 483. The van der Waals surface area contributed by atoms with Crippen LogP contribution in [0.4, 0.5) is 0 Å². The normalized spacial score (nSPS) is 12.2. The fraction of sp³-hybridized carbons (Fsp3) is 0.632. The number of hydrogen-bond donors (Lipinski definition) is 2. The van der Waals surface area contributed by atoms with Crippen LogP contribution in [0.15, 0.2) is 29.3 Å². The molecule has 0 aliphatic heterocycles. The van der Waals surface area contributed by atoms with Crippen molar-refractivity contribution in [2.45, 2.75) is 46.1 Å². The second kappa shape index (κ2) is 15.3. The summed E-state index contributed by atoms with van der Waals surface area (Å²) in [6.07, 6.45) is 3.41. The van der Waals surface area contributed by atoms with Crippen LogP contribution in [0.3, 0.4) is 0 Å². The van der Waals surface area contributed by atoms with E-state index >= 15 is 0 Å². The average molecular weight is 463 g/mol. The zero-order chi connectivity index (χ0) is 17.6. The third-order valence-electron chi connectivity index (χ3n) is 3.59. The summed E-state index contributed by atoms with van der Waals surface area (Å²) in [6, 6.07) is 8.07. The van der Waals surface area contributed by atoms with Crippen LogP contribution >= 0.6 is 24.0 Å². The van der Waals surface area contributed by atoms with Crippen LogP contribution in [0, 0.1) is 6.92 Å². The lowest BCUT2D eigenvalue weighted by molar-refractivity contribution is 0.192. The first-order valence-corrected chi connectivity index (χ1v) is 8.90. The molecule has 0 saturated carbocycles. The first-order valence-electron chi connectivity index (χ1n) is 8.90. The molecule has 0 radical (unpaired) electrons. The Labute approximate surface area is 170 Å². The molecule has 0 bridgehead atoms. The molecule has 0 fully saturated rings. The van der Waals surface area contributed by atoms with Crippen molar-refractivity contribution >= 4 is 29.9 Å². The smallest absolute Gasteiger partial charge is 0.191 e. The summed E-state index contributed by atoms with van der Waals surface area (Å²) in [5.41, 5.74) is 1.15. The second-order valence-corrected chi connectivity index (χ2v) is 5.89. The highest BCUT2D eigenvalue weighted by molar-refractivity contribution is 14.0. The molecule has 1 aromatic rings. The van der Waals surface area contributed by atoms with Crippen molar-refractivity contribution in [1.82, 2.24) is 10.6 Å². The van der Waals surface area contributed by atoms with Gasteiger partial charge in [0.15, 0.2) is 5.96 Å². The van der Waals surface area contributed by atoms with Crippen LogP contribution in [0.1, 0.15) is 38.7 Å². The SMILES string of the molecule is CCNC(=NCC(C)Oc1ccccc1C)NCCCCCOC.I. The number of aliphatic imine (C=N–C) groups is 1. The molecule has 1 unspecified atom stereocenters. The molecule has 5 nitrogen and oxygen atoms in total. The zero-order valence-electron chi connectivity index (χ0n) is 16.0. The van der Waals surface area contributed by atoms with E-state index in [1.165, 1.54) is 0 Å². The van der Waals surface area contributed by atoms with Crippen molar-refractivity contribution in [3.63, 3.8) is 0 Å². The van der Waals surface area contributed by atoms with E-state index in [1.54, 1.807) is 7.11 Å². The third kappa shape index (κ3) is 11.3. The third-order valence-corrected chi connectivity index (χ3v) is 3.59. The number of halogens is 1. The van der Waals surface area contributed by atoms with Crippen molar-refractivity contribution in [3.8, 4) is 5.75 Å². The largest absolute Gasteiger partial charge is 0.489 e. The van der Waals surface area contributed by atoms with Crippen molar-refractivity contribution < 1.29 is 9.47 Å². The lowest BCUT2D eigenvalue weighted by Crippen LogP contribution is -2.38. The van der Waals surface area contributed by atoms with Crippen LogP contribution in [0.25, 0.3) is 0 Å². The van der Waals surface area contributed by atoms with Gasteiger partial charge in [0.25, 0.3) is 0 Å². The minimum Gasteiger partial charge on any atom is -0.489 e. The minimum atomic E-state index is 0. The average Bonchev–Trinajstić information content (AvgIpc) is 2.57. The second-order valence-electron chi connectivity index (χ2n) is 5.89. The number of nitrogens with one attached hydrogen (secondary N) is 2. The maximum atomic E-state index is 5.97. The van der Waals surface area contributed by atoms with E-state index in [1.807, 2.05) is 25.1 Å². The monoisotopic (exact) mass is 463 g/mol. The van der Waals surface area contributed by atoms with Gasteiger partial charge in [-0.15, -0.1) is 24.0 Å². The number of nitrogens with zero attached hydrogens (tertiary/aromatic N) is 1. The summed E-state index contributed by atoms with van der Waals surface area (Å²) < 4.78 is 11.0. The number of unbranched alkanes of at least 4 members (excludes halogenated alkanes) is 2. The van der Waals surface area contributed by atoms with E-state index in [2.05, 4.69) is 35.5 Å². The molecule has 25 heavy (non-hydrogen) atoms. The fourth-order valence-electron chi connectivity index (χ4n) is 2.26. The molecule has 144 valence electrons. The van der Waals surface area contributed by atoms with Gasteiger partial charge in [0.2, 0.25) is 0 Å². The number of para-hydroxylation sites is 1. The van der Waals surface area contributed by atoms with Gasteiger partial charge in [0, 0.05) is 26.8 Å². The molecule has 0 aliphatic rings. The quantitative estimate of drug-likeness (QED) is 0.227. The predicted octanol–water partition coefficient (Wildman–Crippen LogP) is 3.75. The summed E-state index contributed by atoms with van der Waals surface area (Å²) in [5.74, 6) is 1.78. The van der Waals surface area contributed by atoms with Crippen LogP contribution in [0.5, 0.6) is 5.75 Å².